The van der Waals surface area contributed by atoms with Gasteiger partial charge in [0.15, 0.2) is 5.82 Å². The van der Waals surface area contributed by atoms with Crippen LogP contribution in [0.4, 0.5) is 4.39 Å². The quantitative estimate of drug-likeness (QED) is 0.797. The van der Waals surface area contributed by atoms with Crippen molar-refractivity contribution in [2.24, 2.45) is 0 Å². The highest BCUT2D eigenvalue weighted by molar-refractivity contribution is 9.10. The Hall–Kier alpha value is -0.520. The minimum Gasteiger partial charge on any atom is -0.385 e. The average Bonchev–Trinajstić information content (AvgIpc) is 2.23. The average molecular weight is 276 g/mol. The normalized spacial score (nSPS) is 20.2. The smallest absolute Gasteiger partial charge is 0.162 e. The minimum atomic E-state index is -1.12. The summed E-state index contributed by atoms with van der Waals surface area (Å²) >= 11 is 3.01. The third-order valence-electron chi connectivity index (χ3n) is 2.67. The molecule has 1 aliphatic heterocycles. The zero-order valence-corrected chi connectivity index (χ0v) is 9.63. The molecule has 1 aliphatic rings. The summed E-state index contributed by atoms with van der Waals surface area (Å²) in [6.45, 7) is 0.908. The van der Waals surface area contributed by atoms with Gasteiger partial charge in [0.2, 0.25) is 0 Å². The van der Waals surface area contributed by atoms with E-state index in [1.807, 2.05) is 0 Å². The molecule has 15 heavy (non-hydrogen) atoms. The maximum atomic E-state index is 13.7. The van der Waals surface area contributed by atoms with Gasteiger partial charge in [-0.05, 0) is 22.0 Å². The van der Waals surface area contributed by atoms with Crippen LogP contribution >= 0.6 is 15.9 Å². The summed E-state index contributed by atoms with van der Waals surface area (Å²) in [5, 5.41) is 10.3. The van der Waals surface area contributed by atoms with Crippen LogP contribution in [-0.4, -0.2) is 23.3 Å². The van der Waals surface area contributed by atoms with Crippen molar-refractivity contribution in [1.29, 1.82) is 0 Å². The molecule has 0 spiro atoms. The Balaban J connectivity index is 2.39. The Morgan fingerprint density at radius 1 is 1.47 bits per heavy atom. The summed E-state index contributed by atoms with van der Waals surface area (Å²) in [7, 11) is 0. The van der Waals surface area contributed by atoms with Crippen LogP contribution in [0.2, 0.25) is 0 Å². The van der Waals surface area contributed by atoms with Gasteiger partial charge in [0.25, 0.3) is 0 Å². The van der Waals surface area contributed by atoms with Crippen LogP contribution in [0.15, 0.2) is 16.9 Å². The molecule has 1 aromatic heterocycles. The van der Waals surface area contributed by atoms with Crippen molar-refractivity contribution < 1.29 is 14.2 Å². The molecule has 1 aromatic rings. The predicted molar refractivity (Wildman–Crippen MR) is 55.8 cm³/mol. The number of ether oxygens (including phenoxy) is 1. The summed E-state index contributed by atoms with van der Waals surface area (Å²) < 4.78 is 19.0. The second-order valence-electron chi connectivity index (χ2n) is 3.61. The van der Waals surface area contributed by atoms with Gasteiger partial charge in [-0.1, -0.05) is 0 Å². The number of hydrogen-bond donors (Lipinski definition) is 1. The van der Waals surface area contributed by atoms with E-state index in [0.717, 1.165) is 0 Å². The topological polar surface area (TPSA) is 42.4 Å². The molecule has 2 heterocycles. The molecule has 0 amide bonds. The van der Waals surface area contributed by atoms with Crippen LogP contribution in [0.3, 0.4) is 0 Å². The fourth-order valence-corrected chi connectivity index (χ4v) is 2.09. The third-order valence-corrected chi connectivity index (χ3v) is 3.22. The first-order valence-corrected chi connectivity index (χ1v) is 5.53. The predicted octanol–water partition coefficient (Wildman–Crippen LogP) is 1.98. The Morgan fingerprint density at radius 2 is 2.13 bits per heavy atom. The van der Waals surface area contributed by atoms with Crippen LogP contribution in [0.1, 0.15) is 18.4 Å². The van der Waals surface area contributed by atoms with Crippen LogP contribution in [0.5, 0.6) is 0 Å². The summed E-state index contributed by atoms with van der Waals surface area (Å²) in [6.07, 6.45) is 2.32. The number of pyridine rings is 1. The van der Waals surface area contributed by atoms with E-state index in [0.29, 0.717) is 31.6 Å². The Kier molecular flexibility index (Phi) is 3.04. The van der Waals surface area contributed by atoms with E-state index >= 15 is 0 Å². The second kappa shape index (κ2) is 4.15. The molecule has 0 aliphatic carbocycles. The van der Waals surface area contributed by atoms with Crippen molar-refractivity contribution in [3.63, 3.8) is 0 Å². The lowest BCUT2D eigenvalue weighted by Crippen LogP contribution is -2.34. The second-order valence-corrected chi connectivity index (χ2v) is 4.36. The van der Waals surface area contributed by atoms with E-state index in [-0.39, 0.29) is 4.60 Å². The molecule has 1 saturated heterocycles. The Labute approximate surface area is 95.4 Å². The van der Waals surface area contributed by atoms with Crippen molar-refractivity contribution in [3.8, 4) is 0 Å². The molecule has 0 bridgehead atoms. The molecule has 1 fully saturated rings. The summed E-state index contributed by atoms with van der Waals surface area (Å²) in [4.78, 5) is 3.76. The van der Waals surface area contributed by atoms with E-state index < -0.39 is 11.4 Å². The summed E-state index contributed by atoms with van der Waals surface area (Å²) in [5.41, 5.74) is -0.818. The third kappa shape index (κ3) is 2.04. The van der Waals surface area contributed by atoms with Crippen molar-refractivity contribution in [2.45, 2.75) is 18.4 Å². The monoisotopic (exact) mass is 275 g/mol. The van der Waals surface area contributed by atoms with Crippen molar-refractivity contribution >= 4 is 15.9 Å². The van der Waals surface area contributed by atoms with Crippen LogP contribution < -0.4 is 0 Å². The number of halogens is 2. The van der Waals surface area contributed by atoms with E-state index in [1.165, 1.54) is 12.3 Å². The highest BCUT2D eigenvalue weighted by Crippen LogP contribution is 2.34. The molecule has 1 N–H and O–H groups in total. The lowest BCUT2D eigenvalue weighted by molar-refractivity contribution is -0.0699. The van der Waals surface area contributed by atoms with Crippen molar-refractivity contribution in [1.82, 2.24) is 4.98 Å². The van der Waals surface area contributed by atoms with Crippen molar-refractivity contribution in [2.75, 3.05) is 13.2 Å². The molecular weight excluding hydrogens is 265 g/mol. The van der Waals surface area contributed by atoms with Gasteiger partial charge in [-0.15, -0.1) is 0 Å². The zero-order valence-electron chi connectivity index (χ0n) is 8.04. The lowest BCUT2D eigenvalue weighted by atomic mass is 9.87. The number of aromatic nitrogens is 1. The van der Waals surface area contributed by atoms with E-state index in [2.05, 4.69) is 20.9 Å². The number of aliphatic hydroxyl groups is 1. The maximum absolute atomic E-state index is 13.7. The molecule has 0 saturated carbocycles. The number of hydrogen-bond acceptors (Lipinski definition) is 3. The lowest BCUT2D eigenvalue weighted by Gasteiger charge is -2.32. The molecule has 5 heteroatoms. The standard InChI is InChI=1S/C10H11BrFNO2/c11-9-8(12)7(1-4-13-9)10(14)2-5-15-6-3-10/h1,4,14H,2-3,5-6H2. The fourth-order valence-electron chi connectivity index (χ4n) is 1.76. The first-order chi connectivity index (χ1) is 7.13. The maximum Gasteiger partial charge on any atom is 0.162 e. The molecule has 0 unspecified atom stereocenters. The summed E-state index contributed by atoms with van der Waals surface area (Å²) in [6, 6.07) is 1.52. The largest absolute Gasteiger partial charge is 0.385 e. The van der Waals surface area contributed by atoms with E-state index in [1.54, 1.807) is 0 Å². The molecule has 82 valence electrons. The molecule has 2 rings (SSSR count). The van der Waals surface area contributed by atoms with E-state index in [4.69, 9.17) is 4.74 Å². The Morgan fingerprint density at radius 3 is 2.80 bits per heavy atom. The van der Waals surface area contributed by atoms with Gasteiger partial charge in [-0.25, -0.2) is 9.37 Å². The fraction of sp³-hybridized carbons (Fsp3) is 0.500. The Bertz CT molecular complexity index is 366. The van der Waals surface area contributed by atoms with Gasteiger partial charge in [-0.3, -0.25) is 0 Å². The molecule has 0 radical (unpaired) electrons. The minimum absolute atomic E-state index is 0.139. The van der Waals surface area contributed by atoms with E-state index in [9.17, 15) is 9.50 Å². The van der Waals surface area contributed by atoms with Gasteiger partial charge in [0.1, 0.15) is 4.60 Å². The van der Waals surface area contributed by atoms with Gasteiger partial charge >= 0.3 is 0 Å². The van der Waals surface area contributed by atoms with Gasteiger partial charge in [-0.2, -0.15) is 0 Å². The first-order valence-electron chi connectivity index (χ1n) is 4.74. The highest BCUT2D eigenvalue weighted by atomic mass is 79.9. The SMILES string of the molecule is OC1(c2ccnc(Br)c2F)CCOCC1. The molecule has 3 nitrogen and oxygen atoms in total. The van der Waals surface area contributed by atoms with Gasteiger partial charge in [0, 0.05) is 37.8 Å². The van der Waals surface area contributed by atoms with Crippen LogP contribution in [0, 0.1) is 5.82 Å². The summed E-state index contributed by atoms with van der Waals surface area (Å²) in [5.74, 6) is -0.484. The molecular formula is C10H11BrFNO2. The molecule has 0 aromatic carbocycles. The molecule has 0 atom stereocenters. The van der Waals surface area contributed by atoms with Gasteiger partial charge in [0.05, 0.1) is 5.60 Å². The van der Waals surface area contributed by atoms with Crippen molar-refractivity contribution in [3.05, 3.63) is 28.2 Å². The van der Waals surface area contributed by atoms with Gasteiger partial charge < -0.3 is 9.84 Å². The van der Waals surface area contributed by atoms with Crippen LogP contribution in [-0.2, 0) is 10.3 Å². The highest BCUT2D eigenvalue weighted by Gasteiger charge is 2.34. The number of rotatable bonds is 1. The zero-order chi connectivity index (χ0) is 10.9. The van der Waals surface area contributed by atoms with Crippen LogP contribution in [0.25, 0.3) is 0 Å². The first kappa shape index (κ1) is 11.0. The number of nitrogens with zero attached hydrogens (tertiary/aromatic N) is 1.